The first-order chi connectivity index (χ1) is 13.7. The Morgan fingerprint density at radius 1 is 1.07 bits per heavy atom. The summed E-state index contributed by atoms with van der Waals surface area (Å²) in [6.07, 6.45) is 1.88. The molecule has 146 valence electrons. The molecule has 0 aliphatic rings. The van der Waals surface area contributed by atoms with Gasteiger partial charge < -0.3 is 14.8 Å². The topological polar surface area (TPSA) is 60.5 Å². The lowest BCUT2D eigenvalue weighted by Gasteiger charge is -2.06. The fourth-order valence-corrected chi connectivity index (χ4v) is 3.46. The van der Waals surface area contributed by atoms with Gasteiger partial charge in [-0.25, -0.2) is 4.98 Å². The number of nitrogens with zero attached hydrogens (tertiary/aromatic N) is 1. The molecule has 3 rings (SSSR count). The first kappa shape index (κ1) is 19.9. The van der Waals surface area contributed by atoms with Crippen LogP contribution in [0.2, 0.25) is 0 Å². The number of hydrogen-bond acceptors (Lipinski definition) is 5. The highest BCUT2D eigenvalue weighted by Crippen LogP contribution is 2.24. The van der Waals surface area contributed by atoms with E-state index in [0.29, 0.717) is 26.0 Å². The summed E-state index contributed by atoms with van der Waals surface area (Å²) >= 11 is 1.61. The van der Waals surface area contributed by atoms with E-state index in [1.54, 1.807) is 18.4 Å². The fraction of sp³-hybridized carbons (Fsp3) is 0.273. The molecule has 0 spiro atoms. The first-order valence-electron chi connectivity index (χ1n) is 9.28. The van der Waals surface area contributed by atoms with Crippen LogP contribution in [0.4, 0.5) is 0 Å². The molecule has 0 atom stereocenters. The molecule has 28 heavy (non-hydrogen) atoms. The van der Waals surface area contributed by atoms with Gasteiger partial charge in [-0.05, 0) is 42.8 Å². The Labute approximate surface area is 169 Å². The number of rotatable bonds is 10. The maximum Gasteiger partial charge on any atom is 0.220 e. The summed E-state index contributed by atoms with van der Waals surface area (Å²) in [5.41, 5.74) is 2.01. The number of amides is 1. The molecular weight excluding hydrogens is 372 g/mol. The summed E-state index contributed by atoms with van der Waals surface area (Å²) in [5, 5.41) is 6.00. The predicted molar refractivity (Wildman–Crippen MR) is 112 cm³/mol. The number of nitrogens with one attached hydrogen (secondary N) is 1. The highest BCUT2D eigenvalue weighted by molar-refractivity contribution is 7.09. The summed E-state index contributed by atoms with van der Waals surface area (Å²) in [7, 11) is 1.65. The molecule has 0 fully saturated rings. The van der Waals surface area contributed by atoms with Crippen LogP contribution in [0.1, 0.15) is 17.8 Å². The molecule has 6 heteroatoms. The van der Waals surface area contributed by atoms with Crippen LogP contribution in [0.25, 0.3) is 11.3 Å². The van der Waals surface area contributed by atoms with Gasteiger partial charge in [0.05, 0.1) is 24.4 Å². The fourth-order valence-electron chi connectivity index (χ4n) is 2.66. The van der Waals surface area contributed by atoms with Crippen molar-refractivity contribution in [2.24, 2.45) is 0 Å². The molecule has 1 amide bonds. The molecule has 5 nitrogen and oxygen atoms in total. The standard InChI is InChI=1S/C22H24N2O3S/c1-26-18-11-9-17(10-12-18)20-16-28-22(24-20)13-14-23-21(25)8-5-15-27-19-6-3-2-4-7-19/h2-4,6-7,9-12,16H,5,8,13-15H2,1H3,(H,23,25). The number of carbonyl (C=O) groups is 1. The minimum absolute atomic E-state index is 0.0450. The Balaban J connectivity index is 1.34. The molecule has 0 aliphatic heterocycles. The lowest BCUT2D eigenvalue weighted by atomic mass is 10.2. The van der Waals surface area contributed by atoms with Crippen molar-refractivity contribution in [1.29, 1.82) is 0 Å². The number of aromatic nitrogens is 1. The molecule has 0 aliphatic carbocycles. The molecule has 0 saturated carbocycles. The number of methoxy groups -OCH3 is 1. The van der Waals surface area contributed by atoms with Crippen molar-refractivity contribution in [3.05, 3.63) is 65.0 Å². The van der Waals surface area contributed by atoms with Crippen LogP contribution >= 0.6 is 11.3 Å². The first-order valence-corrected chi connectivity index (χ1v) is 10.2. The van der Waals surface area contributed by atoms with Crippen molar-refractivity contribution < 1.29 is 14.3 Å². The third-order valence-corrected chi connectivity index (χ3v) is 5.07. The van der Waals surface area contributed by atoms with E-state index in [1.165, 1.54) is 0 Å². The van der Waals surface area contributed by atoms with Crippen molar-refractivity contribution >= 4 is 17.2 Å². The van der Waals surface area contributed by atoms with Crippen molar-refractivity contribution in [3.8, 4) is 22.8 Å². The summed E-state index contributed by atoms with van der Waals surface area (Å²) in [6.45, 7) is 1.13. The van der Waals surface area contributed by atoms with Crippen molar-refractivity contribution in [3.63, 3.8) is 0 Å². The maximum absolute atomic E-state index is 11.9. The number of thiazole rings is 1. The highest BCUT2D eigenvalue weighted by Gasteiger charge is 2.06. The predicted octanol–water partition coefficient (Wildman–Crippen LogP) is 4.34. The van der Waals surface area contributed by atoms with Crippen molar-refractivity contribution in [2.75, 3.05) is 20.3 Å². The Morgan fingerprint density at radius 2 is 1.86 bits per heavy atom. The molecule has 1 N–H and O–H groups in total. The van der Waals surface area contributed by atoms with Gasteiger partial charge >= 0.3 is 0 Å². The molecule has 2 aromatic carbocycles. The van der Waals surface area contributed by atoms with Crippen LogP contribution in [-0.4, -0.2) is 31.2 Å². The zero-order valence-electron chi connectivity index (χ0n) is 15.9. The third-order valence-electron chi connectivity index (χ3n) is 4.16. The zero-order valence-corrected chi connectivity index (χ0v) is 16.7. The summed E-state index contributed by atoms with van der Waals surface area (Å²) in [5.74, 6) is 1.71. The lowest BCUT2D eigenvalue weighted by molar-refractivity contribution is -0.121. The van der Waals surface area contributed by atoms with Crippen LogP contribution in [-0.2, 0) is 11.2 Å². The monoisotopic (exact) mass is 396 g/mol. The molecule has 3 aromatic rings. The van der Waals surface area contributed by atoms with Crippen LogP contribution < -0.4 is 14.8 Å². The number of carbonyl (C=O) groups excluding carboxylic acids is 1. The summed E-state index contributed by atoms with van der Waals surface area (Å²) < 4.78 is 10.8. The summed E-state index contributed by atoms with van der Waals surface area (Å²) in [6, 6.07) is 17.5. The van der Waals surface area contributed by atoms with Gasteiger partial charge in [-0.1, -0.05) is 18.2 Å². The van der Waals surface area contributed by atoms with Gasteiger partial charge in [0.15, 0.2) is 0 Å². The van der Waals surface area contributed by atoms with Crippen LogP contribution in [0.3, 0.4) is 0 Å². The summed E-state index contributed by atoms with van der Waals surface area (Å²) in [4.78, 5) is 16.6. The van der Waals surface area contributed by atoms with E-state index in [4.69, 9.17) is 9.47 Å². The van der Waals surface area contributed by atoms with Gasteiger partial charge in [0.25, 0.3) is 0 Å². The molecule has 1 aromatic heterocycles. The highest BCUT2D eigenvalue weighted by atomic mass is 32.1. The SMILES string of the molecule is COc1ccc(-c2csc(CCNC(=O)CCCOc3ccccc3)n2)cc1. The van der Waals surface area contributed by atoms with E-state index in [2.05, 4.69) is 10.3 Å². The smallest absolute Gasteiger partial charge is 0.220 e. The normalized spacial score (nSPS) is 10.5. The number of benzene rings is 2. The number of hydrogen-bond donors (Lipinski definition) is 1. The van der Waals surface area contributed by atoms with Gasteiger partial charge in [0.2, 0.25) is 5.91 Å². The third kappa shape index (κ3) is 6.09. The molecule has 0 bridgehead atoms. The Hall–Kier alpha value is -2.86. The Morgan fingerprint density at radius 3 is 2.61 bits per heavy atom. The average Bonchev–Trinajstić information content (AvgIpc) is 3.21. The Bertz CT molecular complexity index is 863. The van der Waals surface area contributed by atoms with Crippen LogP contribution in [0, 0.1) is 0 Å². The second kappa shape index (κ2) is 10.5. The molecule has 0 saturated heterocycles. The molecule has 1 heterocycles. The van der Waals surface area contributed by atoms with E-state index in [9.17, 15) is 4.79 Å². The molecule has 0 radical (unpaired) electrons. The molecular formula is C22H24N2O3S. The van der Waals surface area contributed by atoms with Gasteiger partial charge in [-0.2, -0.15) is 0 Å². The maximum atomic E-state index is 11.9. The lowest BCUT2D eigenvalue weighted by Crippen LogP contribution is -2.25. The minimum atomic E-state index is 0.0450. The van der Waals surface area contributed by atoms with Gasteiger partial charge in [-0.3, -0.25) is 4.79 Å². The second-order valence-electron chi connectivity index (χ2n) is 6.22. The van der Waals surface area contributed by atoms with E-state index in [0.717, 1.165) is 34.2 Å². The van der Waals surface area contributed by atoms with Gasteiger partial charge in [-0.15, -0.1) is 11.3 Å². The quantitative estimate of drug-likeness (QED) is 0.518. The number of ether oxygens (including phenoxy) is 2. The molecule has 0 unspecified atom stereocenters. The van der Waals surface area contributed by atoms with Crippen molar-refractivity contribution in [2.45, 2.75) is 19.3 Å². The van der Waals surface area contributed by atoms with E-state index in [-0.39, 0.29) is 5.91 Å². The zero-order chi connectivity index (χ0) is 19.6. The second-order valence-corrected chi connectivity index (χ2v) is 7.16. The van der Waals surface area contributed by atoms with E-state index >= 15 is 0 Å². The van der Waals surface area contributed by atoms with E-state index < -0.39 is 0 Å². The van der Waals surface area contributed by atoms with Gasteiger partial charge in [0, 0.05) is 30.3 Å². The largest absolute Gasteiger partial charge is 0.497 e. The number of para-hydroxylation sites is 1. The Kier molecular flexibility index (Phi) is 7.44. The minimum Gasteiger partial charge on any atom is -0.497 e. The van der Waals surface area contributed by atoms with Crippen LogP contribution in [0.15, 0.2) is 60.0 Å². The van der Waals surface area contributed by atoms with Crippen LogP contribution in [0.5, 0.6) is 11.5 Å². The van der Waals surface area contributed by atoms with Crippen molar-refractivity contribution in [1.82, 2.24) is 10.3 Å². The van der Waals surface area contributed by atoms with E-state index in [1.807, 2.05) is 60.0 Å². The average molecular weight is 397 g/mol. The van der Waals surface area contributed by atoms with Gasteiger partial charge in [0.1, 0.15) is 11.5 Å².